The number of pyridine rings is 1. The normalized spacial score (nSPS) is 10.8. The zero-order chi connectivity index (χ0) is 19.5. The maximum absolute atomic E-state index is 12.9. The van der Waals surface area contributed by atoms with Crippen molar-refractivity contribution in [3.8, 4) is 11.5 Å². The Kier molecular flexibility index (Phi) is 4.86. The van der Waals surface area contributed by atoms with Crippen molar-refractivity contribution in [2.24, 2.45) is 0 Å². The van der Waals surface area contributed by atoms with E-state index in [1.807, 2.05) is 24.3 Å². The van der Waals surface area contributed by atoms with Gasteiger partial charge in [-0.25, -0.2) is 14.8 Å². The van der Waals surface area contributed by atoms with E-state index in [-0.39, 0.29) is 18.2 Å². The number of aromatic nitrogens is 2. The molecule has 0 aliphatic heterocycles. The van der Waals surface area contributed by atoms with E-state index in [9.17, 15) is 9.59 Å². The van der Waals surface area contributed by atoms with Crippen LogP contribution in [0.2, 0.25) is 0 Å². The molecule has 3 aromatic heterocycles. The number of carbonyl (C=O) groups excluding carboxylic acids is 2. The van der Waals surface area contributed by atoms with Crippen LogP contribution < -0.4 is 5.32 Å². The van der Waals surface area contributed by atoms with Gasteiger partial charge in [0, 0.05) is 10.8 Å². The molecule has 4 rings (SSSR count). The predicted molar refractivity (Wildman–Crippen MR) is 105 cm³/mol. The molecule has 1 N–H and O–H groups in total. The number of furan rings is 1. The number of hydrogen-bond acceptors (Lipinski definition) is 7. The molecule has 0 aliphatic rings. The largest absolute Gasteiger partial charge is 0.463 e. The number of esters is 1. The van der Waals surface area contributed by atoms with Gasteiger partial charge in [0.1, 0.15) is 5.69 Å². The van der Waals surface area contributed by atoms with E-state index in [4.69, 9.17) is 9.15 Å². The van der Waals surface area contributed by atoms with E-state index in [0.29, 0.717) is 33.1 Å². The monoisotopic (exact) mass is 393 g/mol. The lowest BCUT2D eigenvalue weighted by molar-refractivity contribution is 0.0520. The Hall–Kier alpha value is -3.52. The first kappa shape index (κ1) is 17.9. The Balaban J connectivity index is 1.68. The molecule has 0 aliphatic carbocycles. The van der Waals surface area contributed by atoms with E-state index in [1.165, 1.54) is 0 Å². The van der Waals surface area contributed by atoms with E-state index in [2.05, 4.69) is 15.3 Å². The molecule has 3 heterocycles. The van der Waals surface area contributed by atoms with E-state index >= 15 is 0 Å². The summed E-state index contributed by atoms with van der Waals surface area (Å²) in [4.78, 5) is 33.4. The molecule has 0 bridgehead atoms. The topological polar surface area (TPSA) is 94.3 Å². The number of anilines is 1. The first-order valence-electron chi connectivity index (χ1n) is 8.53. The van der Waals surface area contributed by atoms with Crippen molar-refractivity contribution in [1.82, 2.24) is 9.97 Å². The number of hydrogen-bond donors (Lipinski definition) is 1. The minimum Gasteiger partial charge on any atom is -0.463 e. The summed E-state index contributed by atoms with van der Waals surface area (Å²) < 4.78 is 10.3. The minimum atomic E-state index is -0.520. The predicted octanol–water partition coefficient (Wildman–Crippen LogP) is 4.38. The number of nitrogens with one attached hydrogen (secondary N) is 1. The van der Waals surface area contributed by atoms with Crippen LogP contribution in [-0.2, 0) is 4.74 Å². The Bertz CT molecular complexity index is 1150. The molecule has 4 aromatic rings. The number of para-hydroxylation sites is 1. The molecule has 8 heteroatoms. The van der Waals surface area contributed by atoms with Gasteiger partial charge in [0.05, 0.1) is 24.0 Å². The summed E-state index contributed by atoms with van der Waals surface area (Å²) in [5.41, 5.74) is 1.83. The van der Waals surface area contributed by atoms with Crippen molar-refractivity contribution >= 4 is 39.2 Å². The Morgan fingerprint density at radius 2 is 2.04 bits per heavy atom. The maximum Gasteiger partial charge on any atom is 0.357 e. The highest BCUT2D eigenvalue weighted by Gasteiger charge is 2.18. The molecule has 1 amide bonds. The van der Waals surface area contributed by atoms with Gasteiger partial charge in [0.2, 0.25) is 0 Å². The van der Waals surface area contributed by atoms with Gasteiger partial charge in [-0.3, -0.25) is 10.1 Å². The van der Waals surface area contributed by atoms with Crippen LogP contribution in [0.25, 0.3) is 22.4 Å². The Labute approximate surface area is 164 Å². The van der Waals surface area contributed by atoms with Gasteiger partial charge < -0.3 is 9.15 Å². The highest BCUT2D eigenvalue weighted by atomic mass is 32.1. The number of carbonyl (C=O) groups is 2. The Morgan fingerprint density at radius 1 is 1.18 bits per heavy atom. The molecule has 0 radical (unpaired) electrons. The lowest BCUT2D eigenvalue weighted by Crippen LogP contribution is -2.13. The first-order valence-corrected chi connectivity index (χ1v) is 9.41. The van der Waals surface area contributed by atoms with Crippen molar-refractivity contribution in [1.29, 1.82) is 0 Å². The number of amides is 1. The molecule has 7 nitrogen and oxygen atoms in total. The molecular weight excluding hydrogens is 378 g/mol. The number of rotatable bonds is 5. The second kappa shape index (κ2) is 7.61. The van der Waals surface area contributed by atoms with Crippen LogP contribution in [0.15, 0.2) is 58.5 Å². The summed E-state index contributed by atoms with van der Waals surface area (Å²) >= 11 is 1.16. The number of ether oxygens (including phenoxy) is 1. The molecule has 1 aromatic carbocycles. The van der Waals surface area contributed by atoms with Crippen molar-refractivity contribution in [3.05, 3.63) is 65.4 Å². The van der Waals surface area contributed by atoms with Crippen LogP contribution in [0.3, 0.4) is 0 Å². The second-order valence-electron chi connectivity index (χ2n) is 5.76. The van der Waals surface area contributed by atoms with Crippen molar-refractivity contribution in [2.75, 3.05) is 11.9 Å². The molecule has 0 saturated heterocycles. The maximum atomic E-state index is 12.9. The molecule has 0 unspecified atom stereocenters. The second-order valence-corrected chi connectivity index (χ2v) is 6.62. The van der Waals surface area contributed by atoms with E-state index < -0.39 is 5.97 Å². The van der Waals surface area contributed by atoms with Crippen LogP contribution in [-0.4, -0.2) is 28.5 Å². The average Bonchev–Trinajstić information content (AvgIpc) is 3.39. The number of fused-ring (bicyclic) bond motifs is 1. The molecule has 0 spiro atoms. The lowest BCUT2D eigenvalue weighted by Gasteiger charge is -2.08. The van der Waals surface area contributed by atoms with Crippen molar-refractivity contribution < 1.29 is 18.7 Å². The fourth-order valence-electron chi connectivity index (χ4n) is 2.71. The van der Waals surface area contributed by atoms with Gasteiger partial charge >= 0.3 is 5.97 Å². The van der Waals surface area contributed by atoms with Crippen molar-refractivity contribution in [2.45, 2.75) is 6.92 Å². The van der Waals surface area contributed by atoms with E-state index in [0.717, 1.165) is 11.3 Å². The minimum absolute atomic E-state index is 0.165. The summed E-state index contributed by atoms with van der Waals surface area (Å²) in [7, 11) is 0. The summed E-state index contributed by atoms with van der Waals surface area (Å²) in [5, 5.41) is 5.31. The van der Waals surface area contributed by atoms with Crippen LogP contribution in [0.4, 0.5) is 5.13 Å². The third-order valence-electron chi connectivity index (χ3n) is 3.94. The zero-order valence-corrected chi connectivity index (χ0v) is 15.7. The summed E-state index contributed by atoms with van der Waals surface area (Å²) in [6.07, 6.45) is 1.55. The third kappa shape index (κ3) is 3.49. The molecule has 0 fully saturated rings. The van der Waals surface area contributed by atoms with Gasteiger partial charge in [-0.1, -0.05) is 18.2 Å². The van der Waals surface area contributed by atoms with Gasteiger partial charge in [-0.05, 0) is 31.2 Å². The molecule has 140 valence electrons. The van der Waals surface area contributed by atoms with E-state index in [1.54, 1.807) is 36.8 Å². The van der Waals surface area contributed by atoms with Crippen molar-refractivity contribution in [3.63, 3.8) is 0 Å². The van der Waals surface area contributed by atoms with Gasteiger partial charge in [-0.2, -0.15) is 0 Å². The van der Waals surface area contributed by atoms with Crippen LogP contribution in [0, 0.1) is 0 Å². The van der Waals surface area contributed by atoms with Crippen LogP contribution >= 0.6 is 11.3 Å². The van der Waals surface area contributed by atoms with Gasteiger partial charge in [0.25, 0.3) is 5.91 Å². The third-order valence-corrected chi connectivity index (χ3v) is 4.70. The SMILES string of the molecule is CCOC(=O)c1csc(NC(=O)c2cc(-c3ccco3)nc3ccccc23)n1. The lowest BCUT2D eigenvalue weighted by atomic mass is 10.1. The molecule has 0 atom stereocenters. The number of nitrogens with zero attached hydrogens (tertiary/aromatic N) is 2. The highest BCUT2D eigenvalue weighted by molar-refractivity contribution is 7.14. The first-order chi connectivity index (χ1) is 13.7. The fourth-order valence-corrected chi connectivity index (χ4v) is 3.38. The molecule has 28 heavy (non-hydrogen) atoms. The van der Waals surface area contributed by atoms with Crippen LogP contribution in [0.5, 0.6) is 0 Å². The quantitative estimate of drug-likeness (QED) is 0.506. The fraction of sp³-hybridized carbons (Fsp3) is 0.100. The smallest absolute Gasteiger partial charge is 0.357 e. The van der Waals surface area contributed by atoms with Crippen LogP contribution in [0.1, 0.15) is 27.8 Å². The summed E-state index contributed by atoms with van der Waals surface area (Å²) in [5.74, 6) is -0.302. The molecule has 0 saturated carbocycles. The summed E-state index contributed by atoms with van der Waals surface area (Å²) in [6, 6.07) is 12.6. The Morgan fingerprint density at radius 3 is 2.82 bits per heavy atom. The zero-order valence-electron chi connectivity index (χ0n) is 14.8. The average molecular weight is 393 g/mol. The van der Waals surface area contributed by atoms with Gasteiger partial charge in [-0.15, -0.1) is 11.3 Å². The molecular formula is C20H15N3O4S. The number of thiazole rings is 1. The number of benzene rings is 1. The standard InChI is InChI=1S/C20H15N3O4S/c1-2-26-19(25)16-11-28-20(22-16)23-18(24)13-10-15(17-8-5-9-27-17)21-14-7-4-3-6-12(13)14/h3-11H,2H2,1H3,(H,22,23,24). The summed E-state index contributed by atoms with van der Waals surface area (Å²) in [6.45, 7) is 1.98. The highest BCUT2D eigenvalue weighted by Crippen LogP contribution is 2.26. The van der Waals surface area contributed by atoms with Gasteiger partial charge in [0.15, 0.2) is 16.6 Å².